The minimum atomic E-state index is -1.35. The lowest BCUT2D eigenvalue weighted by Gasteiger charge is -2.41. The topological polar surface area (TPSA) is 101 Å². The number of carboxylic acids is 2. The first-order valence-corrected chi connectivity index (χ1v) is 9.23. The first-order valence-electron chi connectivity index (χ1n) is 9.23. The molecule has 0 aliphatic heterocycles. The van der Waals surface area contributed by atoms with Crippen molar-refractivity contribution >= 4 is 17.9 Å². The number of hydrogen-bond acceptors (Lipinski definition) is 4. The van der Waals surface area contributed by atoms with Crippen LogP contribution in [-0.4, -0.2) is 34.7 Å². The van der Waals surface area contributed by atoms with Gasteiger partial charge in [0.1, 0.15) is 0 Å². The molecule has 0 saturated heterocycles. The van der Waals surface area contributed by atoms with Crippen molar-refractivity contribution < 1.29 is 29.3 Å². The van der Waals surface area contributed by atoms with Crippen LogP contribution in [-0.2, 0) is 19.1 Å². The fourth-order valence-electron chi connectivity index (χ4n) is 3.69. The third-order valence-corrected chi connectivity index (χ3v) is 5.16. The second-order valence-corrected chi connectivity index (χ2v) is 8.12. The van der Waals surface area contributed by atoms with E-state index in [1.807, 2.05) is 27.7 Å². The molecule has 1 saturated carbocycles. The van der Waals surface area contributed by atoms with Crippen molar-refractivity contribution in [2.75, 3.05) is 6.61 Å². The highest BCUT2D eigenvalue weighted by Crippen LogP contribution is 2.48. The van der Waals surface area contributed by atoms with Crippen molar-refractivity contribution in [3.63, 3.8) is 0 Å². The van der Waals surface area contributed by atoms with Crippen LogP contribution in [0.15, 0.2) is 0 Å². The highest BCUT2D eigenvalue weighted by Gasteiger charge is 2.53. The summed E-state index contributed by atoms with van der Waals surface area (Å²) in [7, 11) is 0. The number of aliphatic carboxylic acids is 2. The Bertz CT molecular complexity index is 484. The molecule has 144 valence electrons. The molecule has 3 atom stereocenters. The van der Waals surface area contributed by atoms with E-state index < -0.39 is 35.2 Å². The summed E-state index contributed by atoms with van der Waals surface area (Å²) in [5, 5.41) is 19.3. The van der Waals surface area contributed by atoms with Gasteiger partial charge in [0, 0.05) is 0 Å². The molecule has 0 radical (unpaired) electrons. The van der Waals surface area contributed by atoms with Crippen LogP contribution in [0.3, 0.4) is 0 Å². The molecular weight excluding hydrogens is 324 g/mol. The second kappa shape index (κ2) is 9.20. The van der Waals surface area contributed by atoms with Crippen molar-refractivity contribution in [3.05, 3.63) is 0 Å². The summed E-state index contributed by atoms with van der Waals surface area (Å²) in [5.74, 6) is -3.59. The Kier molecular flexibility index (Phi) is 7.90. The van der Waals surface area contributed by atoms with Gasteiger partial charge in [-0.15, -0.1) is 0 Å². The molecule has 0 amide bonds. The molecule has 3 unspecified atom stereocenters. The molecule has 0 aromatic carbocycles. The molecule has 2 N–H and O–H groups in total. The summed E-state index contributed by atoms with van der Waals surface area (Å²) < 4.78 is 5.39. The predicted molar refractivity (Wildman–Crippen MR) is 93.0 cm³/mol. The van der Waals surface area contributed by atoms with E-state index in [0.717, 1.165) is 6.42 Å². The van der Waals surface area contributed by atoms with E-state index >= 15 is 0 Å². The van der Waals surface area contributed by atoms with Gasteiger partial charge in [0.2, 0.25) is 0 Å². The summed E-state index contributed by atoms with van der Waals surface area (Å²) in [5.41, 5.74) is -1.35. The summed E-state index contributed by atoms with van der Waals surface area (Å²) in [6.07, 6.45) is 2.38. The third-order valence-electron chi connectivity index (χ3n) is 5.16. The first kappa shape index (κ1) is 21.5. The van der Waals surface area contributed by atoms with E-state index in [1.54, 1.807) is 0 Å². The normalized spacial score (nSPS) is 25.0. The molecule has 25 heavy (non-hydrogen) atoms. The molecule has 1 fully saturated rings. The number of carbonyl (C=O) groups is 3. The molecule has 0 bridgehead atoms. The zero-order valence-corrected chi connectivity index (χ0v) is 15.8. The summed E-state index contributed by atoms with van der Waals surface area (Å²) >= 11 is 0. The van der Waals surface area contributed by atoms with E-state index in [-0.39, 0.29) is 18.9 Å². The molecule has 0 spiro atoms. The fraction of sp³-hybridized carbons (Fsp3) is 0.842. The van der Waals surface area contributed by atoms with Crippen LogP contribution < -0.4 is 0 Å². The smallest absolute Gasteiger partial charge is 0.310 e. The number of esters is 1. The van der Waals surface area contributed by atoms with Gasteiger partial charge in [-0.05, 0) is 43.9 Å². The minimum absolute atomic E-state index is 0.00562. The lowest BCUT2D eigenvalue weighted by atomic mass is 9.61. The van der Waals surface area contributed by atoms with Gasteiger partial charge >= 0.3 is 17.9 Å². The van der Waals surface area contributed by atoms with Gasteiger partial charge in [0.05, 0.1) is 23.9 Å². The average Bonchev–Trinajstić information content (AvgIpc) is 2.51. The van der Waals surface area contributed by atoms with E-state index in [9.17, 15) is 24.6 Å². The van der Waals surface area contributed by atoms with E-state index in [1.165, 1.54) is 0 Å². The van der Waals surface area contributed by atoms with Gasteiger partial charge in [0.25, 0.3) is 0 Å². The quantitative estimate of drug-likeness (QED) is 0.612. The van der Waals surface area contributed by atoms with Crippen LogP contribution >= 0.6 is 0 Å². The largest absolute Gasteiger partial charge is 0.481 e. The Morgan fingerprint density at radius 3 is 2.24 bits per heavy atom. The lowest BCUT2D eigenvalue weighted by molar-refractivity contribution is -0.173. The summed E-state index contributed by atoms with van der Waals surface area (Å²) in [6, 6.07) is 0. The minimum Gasteiger partial charge on any atom is -0.481 e. The number of carboxylic acid groups (broad SMARTS) is 2. The fourth-order valence-corrected chi connectivity index (χ4v) is 3.69. The maximum atomic E-state index is 12.7. The molecule has 0 aromatic heterocycles. The van der Waals surface area contributed by atoms with Crippen molar-refractivity contribution in [2.45, 2.75) is 66.2 Å². The maximum Gasteiger partial charge on any atom is 0.310 e. The van der Waals surface area contributed by atoms with Crippen molar-refractivity contribution in [3.8, 4) is 0 Å². The molecule has 0 aromatic rings. The summed E-state index contributed by atoms with van der Waals surface area (Å²) in [6.45, 7) is 8.18. The van der Waals surface area contributed by atoms with E-state index in [4.69, 9.17) is 4.74 Å². The molecule has 6 heteroatoms. The molecule has 0 heterocycles. The van der Waals surface area contributed by atoms with Gasteiger partial charge in [0.15, 0.2) is 0 Å². The number of carbonyl (C=O) groups excluding carboxylic acids is 1. The van der Waals surface area contributed by atoms with Gasteiger partial charge < -0.3 is 14.9 Å². The van der Waals surface area contributed by atoms with E-state index in [2.05, 4.69) is 0 Å². The molecule has 1 rings (SSSR count). The SMILES string of the molecule is CC(C)CCOC(=O)C(CC(C)C)C1(C(=O)O)CCCC(C(=O)O)C1. The average molecular weight is 356 g/mol. The van der Waals surface area contributed by atoms with Crippen LogP contribution in [0.2, 0.25) is 0 Å². The van der Waals surface area contributed by atoms with E-state index in [0.29, 0.717) is 31.6 Å². The molecule has 1 aliphatic carbocycles. The molecular formula is C19H32O6. The third kappa shape index (κ3) is 5.72. The Balaban J connectivity index is 3.07. The zero-order valence-electron chi connectivity index (χ0n) is 15.8. The van der Waals surface area contributed by atoms with Crippen molar-refractivity contribution in [1.82, 2.24) is 0 Å². The Labute approximate surface area is 149 Å². The van der Waals surface area contributed by atoms with Crippen LogP contribution in [0, 0.1) is 29.1 Å². The Morgan fingerprint density at radius 2 is 1.76 bits per heavy atom. The van der Waals surface area contributed by atoms with Gasteiger partial charge in [-0.3, -0.25) is 14.4 Å². The number of hydrogen-bond donors (Lipinski definition) is 2. The molecule has 1 aliphatic rings. The first-order chi connectivity index (χ1) is 11.6. The van der Waals surface area contributed by atoms with Crippen LogP contribution in [0.25, 0.3) is 0 Å². The Morgan fingerprint density at radius 1 is 1.12 bits per heavy atom. The van der Waals surface area contributed by atoms with Crippen LogP contribution in [0.4, 0.5) is 0 Å². The highest BCUT2D eigenvalue weighted by atomic mass is 16.5. The highest BCUT2D eigenvalue weighted by molar-refractivity contribution is 5.85. The predicted octanol–water partition coefficient (Wildman–Crippen LogP) is 3.58. The Hall–Kier alpha value is -1.59. The number of ether oxygens (including phenoxy) is 1. The summed E-state index contributed by atoms with van der Waals surface area (Å²) in [4.78, 5) is 36.3. The standard InChI is InChI=1S/C19H32O6/c1-12(2)7-9-25-17(22)15(10-13(3)4)19(18(23)24)8-5-6-14(11-19)16(20)21/h12-15H,5-11H2,1-4H3,(H,20,21)(H,23,24). The van der Waals surface area contributed by atoms with Gasteiger partial charge in [-0.1, -0.05) is 34.1 Å². The maximum absolute atomic E-state index is 12.7. The monoisotopic (exact) mass is 356 g/mol. The van der Waals surface area contributed by atoms with Gasteiger partial charge in [-0.2, -0.15) is 0 Å². The molecule has 6 nitrogen and oxygen atoms in total. The van der Waals surface area contributed by atoms with Crippen molar-refractivity contribution in [1.29, 1.82) is 0 Å². The van der Waals surface area contributed by atoms with Crippen molar-refractivity contribution in [2.24, 2.45) is 29.1 Å². The van der Waals surface area contributed by atoms with Gasteiger partial charge in [-0.25, -0.2) is 0 Å². The van der Waals surface area contributed by atoms with Crippen LogP contribution in [0.1, 0.15) is 66.2 Å². The lowest BCUT2D eigenvalue weighted by Crippen LogP contribution is -2.48. The zero-order chi connectivity index (χ0) is 19.2. The number of rotatable bonds is 9. The second-order valence-electron chi connectivity index (χ2n) is 8.12. The van der Waals surface area contributed by atoms with Crippen LogP contribution in [0.5, 0.6) is 0 Å².